The van der Waals surface area contributed by atoms with E-state index in [9.17, 15) is 9.90 Å². The Morgan fingerprint density at radius 1 is 1.43 bits per heavy atom. The minimum atomic E-state index is -0.630. The molecule has 0 unspecified atom stereocenters. The van der Waals surface area contributed by atoms with Crippen molar-refractivity contribution in [2.75, 3.05) is 0 Å². The molecule has 1 heterocycles. The van der Waals surface area contributed by atoms with Crippen LogP contribution in [0.25, 0.3) is 11.0 Å². The lowest BCUT2D eigenvalue weighted by molar-refractivity contribution is 0.468. The lowest BCUT2D eigenvalue weighted by atomic mass is 10.2. The summed E-state index contributed by atoms with van der Waals surface area (Å²) in [6.45, 7) is 0. The average molecular weight is 275 g/mol. The van der Waals surface area contributed by atoms with Gasteiger partial charge in [-0.3, -0.25) is 0 Å². The molecule has 0 aliphatic heterocycles. The highest BCUT2D eigenvalue weighted by atomic mass is 79.9. The fraction of sp³-hybridized carbons (Fsp3) is 0. The van der Waals surface area contributed by atoms with Crippen molar-refractivity contribution >= 4 is 38.5 Å². The zero-order chi connectivity index (χ0) is 10.3. The van der Waals surface area contributed by atoms with Crippen LogP contribution in [0.4, 0.5) is 0 Å². The van der Waals surface area contributed by atoms with E-state index < -0.39 is 5.63 Å². The summed E-state index contributed by atoms with van der Waals surface area (Å²) in [7, 11) is 0. The van der Waals surface area contributed by atoms with Crippen molar-refractivity contribution in [3.05, 3.63) is 38.1 Å². The van der Waals surface area contributed by atoms with Crippen molar-refractivity contribution in [2.24, 2.45) is 0 Å². The number of fused-ring (bicyclic) bond motifs is 1. The van der Waals surface area contributed by atoms with E-state index >= 15 is 0 Å². The largest absolute Gasteiger partial charge is 0.507 e. The zero-order valence-corrected chi connectivity index (χ0v) is 9.09. The molecule has 0 fully saturated rings. The predicted octanol–water partition coefficient (Wildman–Crippen LogP) is 2.91. The van der Waals surface area contributed by atoms with Crippen LogP contribution in [0, 0.1) is 0 Å². The SMILES string of the molecule is O=c1cc(O)c2ccc(Br)c(Cl)c2o1. The highest BCUT2D eigenvalue weighted by Gasteiger charge is 2.10. The van der Waals surface area contributed by atoms with Gasteiger partial charge in [0.2, 0.25) is 0 Å². The molecule has 3 nitrogen and oxygen atoms in total. The third-order valence-electron chi connectivity index (χ3n) is 1.78. The molecule has 0 saturated heterocycles. The molecule has 14 heavy (non-hydrogen) atoms. The van der Waals surface area contributed by atoms with Crippen molar-refractivity contribution in [1.29, 1.82) is 0 Å². The van der Waals surface area contributed by atoms with Gasteiger partial charge in [-0.2, -0.15) is 0 Å². The second-order valence-corrected chi connectivity index (χ2v) is 3.92. The van der Waals surface area contributed by atoms with E-state index in [4.69, 9.17) is 16.0 Å². The molecule has 0 atom stereocenters. The maximum absolute atomic E-state index is 11.0. The summed E-state index contributed by atoms with van der Waals surface area (Å²) in [6, 6.07) is 4.29. The van der Waals surface area contributed by atoms with Crippen LogP contribution in [0.1, 0.15) is 0 Å². The van der Waals surface area contributed by atoms with Crippen LogP contribution >= 0.6 is 27.5 Å². The molecule has 2 rings (SSSR count). The standard InChI is InChI=1S/C9H4BrClO3/c10-5-2-1-4-6(12)3-7(13)14-9(4)8(5)11/h1-3,12H. The monoisotopic (exact) mass is 274 g/mol. The average Bonchev–Trinajstić information content (AvgIpc) is 2.12. The number of hydrogen-bond donors (Lipinski definition) is 1. The molecule has 0 amide bonds. The Morgan fingerprint density at radius 2 is 2.14 bits per heavy atom. The topological polar surface area (TPSA) is 50.4 Å². The lowest BCUT2D eigenvalue weighted by Crippen LogP contribution is -1.95. The molecule has 5 heteroatoms. The minimum Gasteiger partial charge on any atom is -0.507 e. The third kappa shape index (κ3) is 1.40. The maximum atomic E-state index is 11.0. The Bertz CT molecular complexity index is 562. The van der Waals surface area contributed by atoms with Gasteiger partial charge >= 0.3 is 5.63 Å². The van der Waals surface area contributed by atoms with Gasteiger partial charge in [-0.1, -0.05) is 11.6 Å². The number of halogens is 2. The van der Waals surface area contributed by atoms with Crippen LogP contribution in [0.2, 0.25) is 5.02 Å². The second-order valence-electron chi connectivity index (χ2n) is 2.69. The molecule has 0 bridgehead atoms. The van der Waals surface area contributed by atoms with E-state index in [0.717, 1.165) is 6.07 Å². The van der Waals surface area contributed by atoms with E-state index in [-0.39, 0.29) is 16.4 Å². The van der Waals surface area contributed by atoms with Crippen molar-refractivity contribution in [3.8, 4) is 5.75 Å². The molecule has 0 spiro atoms. The highest BCUT2D eigenvalue weighted by Crippen LogP contribution is 2.33. The Labute approximate surface area is 92.0 Å². The molecule has 1 aromatic heterocycles. The van der Waals surface area contributed by atoms with Gasteiger partial charge in [-0.05, 0) is 28.1 Å². The van der Waals surface area contributed by atoms with Gasteiger partial charge in [-0.15, -0.1) is 0 Å². The third-order valence-corrected chi connectivity index (χ3v) is 3.05. The van der Waals surface area contributed by atoms with Crippen LogP contribution in [-0.4, -0.2) is 5.11 Å². The minimum absolute atomic E-state index is 0.134. The molecular weight excluding hydrogens is 271 g/mol. The Balaban J connectivity index is 3.02. The maximum Gasteiger partial charge on any atom is 0.339 e. The molecule has 2 aromatic rings. The van der Waals surface area contributed by atoms with Gasteiger partial charge in [0, 0.05) is 4.47 Å². The first-order chi connectivity index (χ1) is 6.59. The first kappa shape index (κ1) is 9.55. The summed E-state index contributed by atoms with van der Waals surface area (Å²) in [5.41, 5.74) is -0.443. The predicted molar refractivity (Wildman–Crippen MR) is 56.9 cm³/mol. The summed E-state index contributed by atoms with van der Waals surface area (Å²) < 4.78 is 5.49. The van der Waals surface area contributed by atoms with Crippen LogP contribution in [0.3, 0.4) is 0 Å². The Morgan fingerprint density at radius 3 is 2.86 bits per heavy atom. The molecule has 1 N–H and O–H groups in total. The van der Waals surface area contributed by atoms with E-state index in [1.807, 2.05) is 0 Å². The summed E-state index contributed by atoms with van der Waals surface area (Å²) in [6.07, 6.45) is 0. The molecule has 1 aromatic carbocycles. The molecular formula is C9H4BrClO3. The van der Waals surface area contributed by atoms with Gasteiger partial charge < -0.3 is 9.52 Å². The Hall–Kier alpha value is -1.00. The summed E-state index contributed by atoms with van der Waals surface area (Å²) in [4.78, 5) is 11.0. The van der Waals surface area contributed by atoms with Crippen LogP contribution in [0.15, 0.2) is 31.9 Å². The van der Waals surface area contributed by atoms with Gasteiger partial charge in [0.15, 0.2) is 5.58 Å². The number of rotatable bonds is 0. The number of benzene rings is 1. The summed E-state index contributed by atoms with van der Waals surface area (Å²) >= 11 is 9.07. The quantitative estimate of drug-likeness (QED) is 0.752. The molecule has 0 aliphatic rings. The van der Waals surface area contributed by atoms with E-state index in [1.54, 1.807) is 12.1 Å². The van der Waals surface area contributed by atoms with Crippen molar-refractivity contribution in [2.45, 2.75) is 0 Å². The molecule has 72 valence electrons. The molecule has 0 saturated carbocycles. The van der Waals surface area contributed by atoms with Crippen molar-refractivity contribution in [1.82, 2.24) is 0 Å². The lowest BCUT2D eigenvalue weighted by Gasteiger charge is -2.01. The van der Waals surface area contributed by atoms with Crippen LogP contribution in [-0.2, 0) is 0 Å². The van der Waals surface area contributed by atoms with Gasteiger partial charge in [0.05, 0.1) is 16.5 Å². The van der Waals surface area contributed by atoms with Crippen molar-refractivity contribution < 1.29 is 9.52 Å². The molecule has 0 aliphatic carbocycles. The van der Waals surface area contributed by atoms with Gasteiger partial charge in [0.1, 0.15) is 5.75 Å². The van der Waals surface area contributed by atoms with Crippen molar-refractivity contribution in [3.63, 3.8) is 0 Å². The normalized spacial score (nSPS) is 10.7. The first-order valence-electron chi connectivity index (χ1n) is 3.70. The number of hydrogen-bond acceptors (Lipinski definition) is 3. The van der Waals surface area contributed by atoms with E-state index in [0.29, 0.717) is 9.86 Å². The van der Waals surface area contributed by atoms with Gasteiger partial charge in [0.25, 0.3) is 0 Å². The van der Waals surface area contributed by atoms with Crippen LogP contribution < -0.4 is 5.63 Å². The van der Waals surface area contributed by atoms with Gasteiger partial charge in [-0.25, -0.2) is 4.79 Å². The first-order valence-corrected chi connectivity index (χ1v) is 4.87. The van der Waals surface area contributed by atoms with Crippen LogP contribution in [0.5, 0.6) is 5.75 Å². The highest BCUT2D eigenvalue weighted by molar-refractivity contribution is 9.10. The molecule has 0 radical (unpaired) electrons. The Kier molecular flexibility index (Phi) is 2.25. The van der Waals surface area contributed by atoms with E-state index in [1.165, 1.54) is 0 Å². The summed E-state index contributed by atoms with van der Waals surface area (Å²) in [5.74, 6) is -0.134. The number of aromatic hydroxyl groups is 1. The smallest absolute Gasteiger partial charge is 0.339 e. The second kappa shape index (κ2) is 3.29. The summed E-state index contributed by atoms with van der Waals surface area (Å²) in [5, 5.41) is 10.1. The fourth-order valence-electron chi connectivity index (χ4n) is 1.15. The fourth-order valence-corrected chi connectivity index (χ4v) is 1.67. The van der Waals surface area contributed by atoms with E-state index in [2.05, 4.69) is 15.9 Å². The zero-order valence-electron chi connectivity index (χ0n) is 6.75.